The Bertz CT molecular complexity index is 361. The van der Waals surface area contributed by atoms with E-state index in [-0.39, 0.29) is 5.92 Å². The molecule has 0 saturated heterocycles. The second-order valence-corrected chi connectivity index (χ2v) is 4.47. The van der Waals surface area contributed by atoms with Crippen LogP contribution in [0.3, 0.4) is 0 Å². The fraction of sp³-hybridized carbons (Fsp3) is 0.667. The lowest BCUT2D eigenvalue weighted by Gasteiger charge is -2.14. The third kappa shape index (κ3) is 4.76. The number of anilines is 1. The Kier molecular flexibility index (Phi) is 6.93. The zero-order valence-electron chi connectivity index (χ0n) is 11.1. The van der Waals surface area contributed by atoms with Crippen molar-refractivity contribution in [1.29, 1.82) is 0 Å². The van der Waals surface area contributed by atoms with Crippen LogP contribution in [0.4, 0.5) is 5.82 Å². The Morgan fingerprint density at radius 2 is 2.06 bits per heavy atom. The van der Waals surface area contributed by atoms with E-state index in [0.29, 0.717) is 31.5 Å². The zero-order valence-corrected chi connectivity index (χ0v) is 11.8. The van der Waals surface area contributed by atoms with Gasteiger partial charge < -0.3 is 14.8 Å². The molecule has 1 N–H and O–H groups in total. The van der Waals surface area contributed by atoms with Crippen LogP contribution in [0, 0.1) is 0 Å². The van der Waals surface area contributed by atoms with Crippen molar-refractivity contribution >= 4 is 17.4 Å². The molecular formula is C12H20ClN3O2. The van der Waals surface area contributed by atoms with Gasteiger partial charge in [0, 0.05) is 19.2 Å². The van der Waals surface area contributed by atoms with Crippen molar-refractivity contribution < 1.29 is 9.47 Å². The molecule has 18 heavy (non-hydrogen) atoms. The molecule has 0 unspecified atom stereocenters. The van der Waals surface area contributed by atoms with Gasteiger partial charge in [-0.05, 0) is 5.92 Å². The molecule has 0 bridgehead atoms. The minimum Gasteiger partial charge on any atom is -0.382 e. The van der Waals surface area contributed by atoms with Gasteiger partial charge in [0.1, 0.15) is 17.3 Å². The van der Waals surface area contributed by atoms with Crippen LogP contribution in [0.5, 0.6) is 0 Å². The topological polar surface area (TPSA) is 56.3 Å². The highest BCUT2D eigenvalue weighted by atomic mass is 35.5. The summed E-state index contributed by atoms with van der Waals surface area (Å²) >= 11 is 6.07. The number of rotatable bonds is 8. The van der Waals surface area contributed by atoms with Gasteiger partial charge >= 0.3 is 0 Å². The fourth-order valence-electron chi connectivity index (χ4n) is 1.51. The molecule has 5 nitrogen and oxygen atoms in total. The van der Waals surface area contributed by atoms with Crippen molar-refractivity contribution in [3.05, 3.63) is 17.0 Å². The first-order valence-electron chi connectivity index (χ1n) is 5.97. The Morgan fingerprint density at radius 3 is 2.72 bits per heavy atom. The number of hydrogen-bond donors (Lipinski definition) is 1. The van der Waals surface area contributed by atoms with Gasteiger partial charge in [0.15, 0.2) is 0 Å². The van der Waals surface area contributed by atoms with Crippen molar-refractivity contribution in [2.75, 3.05) is 38.8 Å². The van der Waals surface area contributed by atoms with E-state index in [9.17, 15) is 0 Å². The lowest BCUT2D eigenvalue weighted by Crippen LogP contribution is -2.14. The SMILES string of the molecule is COCCOCCNc1ncnc(Cl)c1C(C)C. The molecule has 1 rings (SSSR count). The van der Waals surface area contributed by atoms with E-state index in [1.54, 1.807) is 7.11 Å². The van der Waals surface area contributed by atoms with Crippen LogP contribution in [0.1, 0.15) is 25.3 Å². The molecule has 0 aliphatic rings. The number of ether oxygens (including phenoxy) is 2. The molecule has 0 saturated carbocycles. The monoisotopic (exact) mass is 273 g/mol. The lowest BCUT2D eigenvalue weighted by molar-refractivity contribution is 0.0759. The van der Waals surface area contributed by atoms with Crippen LogP contribution in [-0.4, -0.2) is 43.4 Å². The highest BCUT2D eigenvalue weighted by Gasteiger charge is 2.12. The summed E-state index contributed by atoms with van der Waals surface area (Å²) in [5.74, 6) is 1.05. The molecule has 0 atom stereocenters. The number of hydrogen-bond acceptors (Lipinski definition) is 5. The van der Waals surface area contributed by atoms with Gasteiger partial charge in [0.05, 0.1) is 19.8 Å². The van der Waals surface area contributed by atoms with Crippen molar-refractivity contribution in [1.82, 2.24) is 9.97 Å². The molecule has 0 fully saturated rings. The van der Waals surface area contributed by atoms with E-state index in [1.807, 2.05) is 0 Å². The lowest BCUT2D eigenvalue weighted by atomic mass is 10.1. The average molecular weight is 274 g/mol. The molecule has 0 amide bonds. The minimum atomic E-state index is 0.274. The maximum absolute atomic E-state index is 6.07. The van der Waals surface area contributed by atoms with E-state index < -0.39 is 0 Å². The van der Waals surface area contributed by atoms with Gasteiger partial charge in [0.2, 0.25) is 0 Å². The number of methoxy groups -OCH3 is 1. The summed E-state index contributed by atoms with van der Waals surface area (Å²) in [6.07, 6.45) is 1.46. The van der Waals surface area contributed by atoms with Crippen molar-refractivity contribution in [2.24, 2.45) is 0 Å². The first-order valence-corrected chi connectivity index (χ1v) is 6.35. The maximum atomic E-state index is 6.07. The van der Waals surface area contributed by atoms with E-state index in [4.69, 9.17) is 21.1 Å². The molecule has 1 heterocycles. The Morgan fingerprint density at radius 1 is 1.28 bits per heavy atom. The van der Waals surface area contributed by atoms with Gasteiger partial charge in [-0.25, -0.2) is 9.97 Å². The van der Waals surface area contributed by atoms with Crippen LogP contribution in [0.2, 0.25) is 5.15 Å². The van der Waals surface area contributed by atoms with E-state index in [2.05, 4.69) is 29.1 Å². The van der Waals surface area contributed by atoms with Crippen molar-refractivity contribution in [3.63, 3.8) is 0 Å². The molecule has 6 heteroatoms. The normalized spacial score (nSPS) is 10.9. The summed E-state index contributed by atoms with van der Waals surface area (Å²) in [4.78, 5) is 8.20. The van der Waals surface area contributed by atoms with Crippen LogP contribution in [0.15, 0.2) is 6.33 Å². The van der Waals surface area contributed by atoms with Gasteiger partial charge in [-0.15, -0.1) is 0 Å². The fourth-order valence-corrected chi connectivity index (χ4v) is 1.86. The van der Waals surface area contributed by atoms with Gasteiger partial charge in [-0.1, -0.05) is 25.4 Å². The number of nitrogens with zero attached hydrogens (tertiary/aromatic N) is 2. The molecule has 1 aromatic rings. The third-order valence-electron chi connectivity index (χ3n) is 2.38. The Hall–Kier alpha value is -0.910. The summed E-state index contributed by atoms with van der Waals surface area (Å²) in [5.41, 5.74) is 0.941. The van der Waals surface area contributed by atoms with Crippen LogP contribution >= 0.6 is 11.6 Å². The largest absolute Gasteiger partial charge is 0.382 e. The predicted molar refractivity (Wildman–Crippen MR) is 72.3 cm³/mol. The molecule has 0 aromatic carbocycles. The van der Waals surface area contributed by atoms with Gasteiger partial charge in [0.25, 0.3) is 0 Å². The quantitative estimate of drug-likeness (QED) is 0.582. The second-order valence-electron chi connectivity index (χ2n) is 4.11. The molecule has 0 radical (unpaired) electrons. The predicted octanol–water partition coefficient (Wildman–Crippen LogP) is 2.33. The highest BCUT2D eigenvalue weighted by molar-refractivity contribution is 6.30. The van der Waals surface area contributed by atoms with Crippen LogP contribution in [-0.2, 0) is 9.47 Å². The minimum absolute atomic E-state index is 0.274. The summed E-state index contributed by atoms with van der Waals surface area (Å²) in [5, 5.41) is 3.71. The van der Waals surface area contributed by atoms with Crippen molar-refractivity contribution in [2.45, 2.75) is 19.8 Å². The smallest absolute Gasteiger partial charge is 0.138 e. The molecular weight excluding hydrogens is 254 g/mol. The zero-order chi connectivity index (χ0) is 13.4. The molecule has 1 aromatic heterocycles. The summed E-state index contributed by atoms with van der Waals surface area (Å²) in [6, 6.07) is 0. The van der Waals surface area contributed by atoms with Crippen LogP contribution in [0.25, 0.3) is 0 Å². The van der Waals surface area contributed by atoms with Crippen LogP contribution < -0.4 is 5.32 Å². The summed E-state index contributed by atoms with van der Waals surface area (Å²) in [7, 11) is 1.65. The Balaban J connectivity index is 2.44. The molecule has 0 aliphatic carbocycles. The van der Waals surface area contributed by atoms with Crippen molar-refractivity contribution in [3.8, 4) is 0 Å². The summed E-state index contributed by atoms with van der Waals surface area (Å²) < 4.78 is 10.3. The van der Waals surface area contributed by atoms with E-state index >= 15 is 0 Å². The van der Waals surface area contributed by atoms with E-state index in [0.717, 1.165) is 11.4 Å². The third-order valence-corrected chi connectivity index (χ3v) is 2.68. The van der Waals surface area contributed by atoms with E-state index in [1.165, 1.54) is 6.33 Å². The Labute approximate surface area is 113 Å². The van der Waals surface area contributed by atoms with Gasteiger partial charge in [-0.2, -0.15) is 0 Å². The number of aromatic nitrogens is 2. The molecule has 0 aliphatic heterocycles. The number of halogens is 1. The average Bonchev–Trinajstić information content (AvgIpc) is 2.33. The van der Waals surface area contributed by atoms with Gasteiger partial charge in [-0.3, -0.25) is 0 Å². The summed E-state index contributed by atoms with van der Waals surface area (Å²) in [6.45, 7) is 6.60. The number of nitrogens with one attached hydrogen (secondary N) is 1. The molecule has 102 valence electrons. The second kappa shape index (κ2) is 8.24. The first-order chi connectivity index (χ1) is 8.66. The standard InChI is InChI=1S/C12H20ClN3O2/c1-9(2)10-11(13)15-8-16-12(10)14-4-5-18-7-6-17-3/h8-9H,4-7H2,1-3H3,(H,14,15,16). The molecule has 0 spiro atoms. The highest BCUT2D eigenvalue weighted by Crippen LogP contribution is 2.27. The first kappa shape index (κ1) is 15.1. The maximum Gasteiger partial charge on any atom is 0.138 e.